The zero-order valence-electron chi connectivity index (χ0n) is 20.8. The van der Waals surface area contributed by atoms with Gasteiger partial charge in [0.25, 0.3) is 5.91 Å². The Kier molecular flexibility index (Phi) is 8.43. The van der Waals surface area contributed by atoms with Gasteiger partial charge in [0.1, 0.15) is 11.7 Å². The number of benzene rings is 3. The van der Waals surface area contributed by atoms with Gasteiger partial charge in [-0.25, -0.2) is 9.59 Å². The van der Waals surface area contributed by atoms with Crippen molar-refractivity contribution in [1.29, 1.82) is 0 Å². The summed E-state index contributed by atoms with van der Waals surface area (Å²) in [5, 5.41) is 17.1. The van der Waals surface area contributed by atoms with Crippen molar-refractivity contribution in [2.75, 3.05) is 10.6 Å². The van der Waals surface area contributed by atoms with Crippen LogP contribution in [-0.2, 0) is 17.4 Å². The Morgan fingerprint density at radius 3 is 1.88 bits per heavy atom. The molecule has 1 aromatic heterocycles. The number of hydrogen-bond acceptors (Lipinski definition) is 4. The maximum absolute atomic E-state index is 12.7. The molecule has 0 unspecified atom stereocenters. The van der Waals surface area contributed by atoms with Crippen LogP contribution in [0.4, 0.5) is 29.3 Å². The van der Waals surface area contributed by atoms with E-state index < -0.39 is 35.7 Å². The van der Waals surface area contributed by atoms with Crippen molar-refractivity contribution in [1.82, 2.24) is 10.3 Å². The van der Waals surface area contributed by atoms with Crippen molar-refractivity contribution < 1.29 is 32.7 Å². The Morgan fingerprint density at radius 1 is 0.775 bits per heavy atom. The normalized spacial score (nSPS) is 11.8. The molecular formula is C29H23F3N4O4. The van der Waals surface area contributed by atoms with Crippen LogP contribution in [0.25, 0.3) is 11.1 Å². The van der Waals surface area contributed by atoms with Crippen molar-refractivity contribution in [3.8, 4) is 11.1 Å². The Balaban J connectivity index is 1.33. The van der Waals surface area contributed by atoms with Crippen LogP contribution in [0, 0.1) is 0 Å². The minimum absolute atomic E-state index is 0.0567. The van der Waals surface area contributed by atoms with Gasteiger partial charge in [-0.1, -0.05) is 48.5 Å². The maximum atomic E-state index is 12.7. The molecule has 8 nitrogen and oxygen atoms in total. The summed E-state index contributed by atoms with van der Waals surface area (Å²) in [6.07, 6.45) is -2.86. The van der Waals surface area contributed by atoms with Crippen LogP contribution in [0.3, 0.4) is 0 Å². The van der Waals surface area contributed by atoms with E-state index in [0.29, 0.717) is 11.3 Å². The van der Waals surface area contributed by atoms with Gasteiger partial charge < -0.3 is 21.1 Å². The first-order valence-corrected chi connectivity index (χ1v) is 12.0. The van der Waals surface area contributed by atoms with Crippen LogP contribution in [0.2, 0.25) is 0 Å². The number of carbonyl (C=O) groups excluding carboxylic acids is 2. The molecule has 40 heavy (non-hydrogen) atoms. The number of alkyl halides is 3. The zero-order chi connectivity index (χ0) is 28.7. The predicted molar refractivity (Wildman–Crippen MR) is 143 cm³/mol. The third-order valence-electron chi connectivity index (χ3n) is 5.83. The van der Waals surface area contributed by atoms with E-state index in [4.69, 9.17) is 0 Å². The molecule has 1 atom stereocenters. The van der Waals surface area contributed by atoms with E-state index in [-0.39, 0.29) is 17.8 Å². The van der Waals surface area contributed by atoms with Crippen molar-refractivity contribution in [2.45, 2.75) is 18.6 Å². The van der Waals surface area contributed by atoms with E-state index in [1.54, 1.807) is 54.6 Å². The summed E-state index contributed by atoms with van der Waals surface area (Å²) < 4.78 is 38.0. The van der Waals surface area contributed by atoms with Gasteiger partial charge in [-0.3, -0.25) is 9.78 Å². The highest BCUT2D eigenvalue weighted by Crippen LogP contribution is 2.30. The quantitative estimate of drug-likeness (QED) is 0.221. The Hall–Kier alpha value is -5.19. The zero-order valence-corrected chi connectivity index (χ0v) is 20.8. The number of halogens is 3. The number of carbonyl (C=O) groups is 3. The van der Waals surface area contributed by atoms with E-state index in [1.165, 1.54) is 12.3 Å². The van der Waals surface area contributed by atoms with E-state index >= 15 is 0 Å². The summed E-state index contributed by atoms with van der Waals surface area (Å²) in [5.74, 6) is -1.77. The molecule has 0 aliphatic rings. The molecule has 0 aliphatic carbocycles. The molecule has 1 heterocycles. The number of anilines is 2. The molecule has 3 amide bonds. The van der Waals surface area contributed by atoms with Gasteiger partial charge in [0.2, 0.25) is 0 Å². The van der Waals surface area contributed by atoms with Crippen LogP contribution < -0.4 is 16.0 Å². The standard InChI is InChI=1S/C29H23F3N4O4/c30-29(31,32)21-9-13-23(14-10-21)35-28(40)34-22-11-6-19(7-12-22)20-8-15-24(33-17-20)26(37)36-25(27(38)39)16-18-4-2-1-3-5-18/h1-15,17,25H,16H2,(H,36,37)(H,38,39)(H2,34,35,40)/t25-/m1/s1. The molecule has 11 heteroatoms. The Morgan fingerprint density at radius 2 is 1.35 bits per heavy atom. The van der Waals surface area contributed by atoms with E-state index in [2.05, 4.69) is 20.9 Å². The fraction of sp³-hybridized carbons (Fsp3) is 0.103. The van der Waals surface area contributed by atoms with Crippen molar-refractivity contribution in [3.63, 3.8) is 0 Å². The largest absolute Gasteiger partial charge is 0.480 e. The lowest BCUT2D eigenvalue weighted by Crippen LogP contribution is -2.42. The van der Waals surface area contributed by atoms with Gasteiger partial charge in [-0.2, -0.15) is 13.2 Å². The summed E-state index contributed by atoms with van der Waals surface area (Å²) in [6.45, 7) is 0. The van der Waals surface area contributed by atoms with Gasteiger partial charge >= 0.3 is 18.2 Å². The van der Waals surface area contributed by atoms with E-state index in [1.807, 2.05) is 6.07 Å². The number of carboxylic acids is 1. The van der Waals surface area contributed by atoms with E-state index in [0.717, 1.165) is 35.4 Å². The molecule has 0 radical (unpaired) electrons. The highest BCUT2D eigenvalue weighted by molar-refractivity contribution is 6.00. The highest BCUT2D eigenvalue weighted by atomic mass is 19.4. The van der Waals surface area contributed by atoms with Crippen LogP contribution in [0.15, 0.2) is 97.2 Å². The average molecular weight is 549 g/mol. The van der Waals surface area contributed by atoms with Gasteiger partial charge in [0, 0.05) is 29.6 Å². The number of nitrogens with zero attached hydrogens (tertiary/aromatic N) is 1. The average Bonchev–Trinajstić information content (AvgIpc) is 2.93. The first-order valence-electron chi connectivity index (χ1n) is 12.0. The second kappa shape index (κ2) is 12.1. The first-order chi connectivity index (χ1) is 19.1. The highest BCUT2D eigenvalue weighted by Gasteiger charge is 2.30. The molecule has 0 bridgehead atoms. The summed E-state index contributed by atoms with van der Waals surface area (Å²) >= 11 is 0. The molecule has 4 rings (SSSR count). The molecule has 0 saturated heterocycles. The molecular weight excluding hydrogens is 525 g/mol. The molecule has 0 spiro atoms. The summed E-state index contributed by atoms with van der Waals surface area (Å²) in [5.41, 5.74) is 2.07. The summed E-state index contributed by atoms with van der Waals surface area (Å²) in [7, 11) is 0. The Labute approximate surface area is 226 Å². The van der Waals surface area contributed by atoms with Crippen molar-refractivity contribution in [3.05, 3.63) is 114 Å². The summed E-state index contributed by atoms with van der Waals surface area (Å²) in [4.78, 5) is 40.6. The molecule has 0 saturated carbocycles. The molecule has 0 aliphatic heterocycles. The van der Waals surface area contributed by atoms with Gasteiger partial charge in [0.15, 0.2) is 0 Å². The van der Waals surface area contributed by atoms with Gasteiger partial charge in [-0.05, 0) is 53.6 Å². The number of nitrogens with one attached hydrogen (secondary N) is 3. The van der Waals surface area contributed by atoms with Crippen LogP contribution >= 0.6 is 0 Å². The number of amides is 3. The SMILES string of the molecule is O=C(Nc1ccc(-c2ccc(C(=O)N[C@H](Cc3ccccc3)C(=O)O)nc2)cc1)Nc1ccc(C(F)(F)F)cc1. The lowest BCUT2D eigenvalue weighted by atomic mass is 10.1. The fourth-order valence-corrected chi connectivity index (χ4v) is 3.76. The summed E-state index contributed by atoms with van der Waals surface area (Å²) in [6, 6.07) is 21.1. The van der Waals surface area contributed by atoms with Crippen LogP contribution in [0.5, 0.6) is 0 Å². The van der Waals surface area contributed by atoms with Crippen molar-refractivity contribution in [2.24, 2.45) is 0 Å². The van der Waals surface area contributed by atoms with Crippen LogP contribution in [0.1, 0.15) is 21.6 Å². The third-order valence-corrected chi connectivity index (χ3v) is 5.83. The lowest BCUT2D eigenvalue weighted by Gasteiger charge is -2.14. The third kappa shape index (κ3) is 7.44. The fourth-order valence-electron chi connectivity index (χ4n) is 3.76. The topological polar surface area (TPSA) is 120 Å². The number of pyridine rings is 1. The van der Waals surface area contributed by atoms with E-state index in [9.17, 15) is 32.7 Å². The molecule has 204 valence electrons. The minimum atomic E-state index is -4.46. The van der Waals surface area contributed by atoms with Crippen LogP contribution in [-0.4, -0.2) is 34.0 Å². The molecule has 4 N–H and O–H groups in total. The molecule has 4 aromatic rings. The first kappa shape index (κ1) is 27.8. The number of aromatic nitrogens is 1. The smallest absolute Gasteiger partial charge is 0.416 e. The number of urea groups is 1. The number of aliphatic carboxylic acids is 1. The Bertz CT molecular complexity index is 1480. The molecule has 0 fully saturated rings. The second-order valence-electron chi connectivity index (χ2n) is 8.72. The number of rotatable bonds is 8. The van der Waals surface area contributed by atoms with Gasteiger partial charge in [-0.15, -0.1) is 0 Å². The minimum Gasteiger partial charge on any atom is -0.480 e. The molecule has 3 aromatic carbocycles. The predicted octanol–water partition coefficient (Wildman–Crippen LogP) is 5.84. The number of hydrogen-bond donors (Lipinski definition) is 4. The number of carboxylic acid groups (broad SMARTS) is 1. The second-order valence-corrected chi connectivity index (χ2v) is 8.72. The lowest BCUT2D eigenvalue weighted by molar-refractivity contribution is -0.139. The van der Waals surface area contributed by atoms with Crippen molar-refractivity contribution >= 4 is 29.3 Å². The maximum Gasteiger partial charge on any atom is 0.416 e. The monoisotopic (exact) mass is 548 g/mol. The van der Waals surface area contributed by atoms with Gasteiger partial charge in [0.05, 0.1) is 5.56 Å².